The first-order chi connectivity index (χ1) is 11.5. The summed E-state index contributed by atoms with van der Waals surface area (Å²) in [5.41, 5.74) is 2.33. The van der Waals surface area contributed by atoms with Crippen LogP contribution in [-0.2, 0) is 16.0 Å². The molecule has 2 heterocycles. The molecular weight excluding hydrogens is 372 g/mol. The number of anilines is 1. The number of carbonyl (C=O) groups excluding carboxylic acids is 2. The molecule has 0 saturated carbocycles. The molecule has 0 N–H and O–H groups in total. The number of amides is 1. The Bertz CT molecular complexity index is 793. The first-order valence-corrected chi connectivity index (χ1v) is 8.49. The van der Waals surface area contributed by atoms with E-state index in [4.69, 9.17) is 4.74 Å². The molecule has 0 unspecified atom stereocenters. The molecular formula is C18H17BrN2O3. The van der Waals surface area contributed by atoms with E-state index in [0.29, 0.717) is 10.0 Å². The highest BCUT2D eigenvalue weighted by Gasteiger charge is 2.34. The first kappa shape index (κ1) is 16.6. The maximum Gasteiger partial charge on any atom is 0.340 e. The fourth-order valence-electron chi connectivity index (χ4n) is 2.90. The predicted molar refractivity (Wildman–Crippen MR) is 93.9 cm³/mol. The molecule has 0 saturated heterocycles. The number of hydrogen-bond acceptors (Lipinski definition) is 4. The molecule has 3 rings (SSSR count). The number of hydrogen-bond donors (Lipinski definition) is 0. The molecule has 2 atom stereocenters. The Hall–Kier alpha value is -2.21. The number of nitrogens with zero attached hydrogens (tertiary/aromatic N) is 2. The fourth-order valence-corrected chi connectivity index (χ4v) is 3.26. The van der Waals surface area contributed by atoms with Gasteiger partial charge in [0.05, 0.1) is 5.56 Å². The molecule has 1 aliphatic heterocycles. The number of esters is 1. The Kier molecular flexibility index (Phi) is 4.66. The van der Waals surface area contributed by atoms with E-state index >= 15 is 0 Å². The topological polar surface area (TPSA) is 59.5 Å². The molecule has 0 aliphatic carbocycles. The predicted octanol–water partition coefficient (Wildman–Crippen LogP) is 3.37. The maximum absolute atomic E-state index is 12.8. The van der Waals surface area contributed by atoms with E-state index in [2.05, 4.69) is 20.9 Å². The summed E-state index contributed by atoms with van der Waals surface area (Å²) in [6.07, 6.45) is 2.93. The van der Waals surface area contributed by atoms with Crippen LogP contribution in [0.1, 0.15) is 29.8 Å². The van der Waals surface area contributed by atoms with Crippen molar-refractivity contribution in [2.45, 2.75) is 32.4 Å². The molecule has 1 aliphatic rings. The normalized spacial score (nSPS) is 17.3. The molecule has 0 spiro atoms. The third-order valence-electron chi connectivity index (χ3n) is 4.02. The van der Waals surface area contributed by atoms with E-state index < -0.39 is 12.1 Å². The number of carbonyl (C=O) groups is 2. The van der Waals surface area contributed by atoms with Crippen LogP contribution in [0.4, 0.5) is 5.69 Å². The van der Waals surface area contributed by atoms with Crippen LogP contribution in [0, 0.1) is 0 Å². The summed E-state index contributed by atoms with van der Waals surface area (Å²) in [4.78, 5) is 30.6. The van der Waals surface area contributed by atoms with E-state index in [1.807, 2.05) is 31.2 Å². The highest BCUT2D eigenvalue weighted by Crippen LogP contribution is 2.32. The quantitative estimate of drug-likeness (QED) is 0.756. The number of rotatable bonds is 3. The van der Waals surface area contributed by atoms with Crippen LogP contribution in [-0.4, -0.2) is 29.0 Å². The van der Waals surface area contributed by atoms with Crippen molar-refractivity contribution in [3.8, 4) is 0 Å². The largest absolute Gasteiger partial charge is 0.449 e. The average Bonchev–Trinajstić information content (AvgIpc) is 2.89. The van der Waals surface area contributed by atoms with E-state index in [1.54, 1.807) is 24.1 Å². The Labute approximate surface area is 148 Å². The van der Waals surface area contributed by atoms with Crippen LogP contribution in [0.15, 0.2) is 47.2 Å². The van der Waals surface area contributed by atoms with Gasteiger partial charge in [0.2, 0.25) is 0 Å². The van der Waals surface area contributed by atoms with E-state index in [-0.39, 0.29) is 11.9 Å². The van der Waals surface area contributed by atoms with E-state index in [1.165, 1.54) is 6.20 Å². The van der Waals surface area contributed by atoms with Crippen LogP contribution in [0.5, 0.6) is 0 Å². The van der Waals surface area contributed by atoms with Crippen LogP contribution < -0.4 is 4.90 Å². The van der Waals surface area contributed by atoms with Crippen molar-refractivity contribution < 1.29 is 14.3 Å². The van der Waals surface area contributed by atoms with Gasteiger partial charge in [-0.2, -0.15) is 0 Å². The Morgan fingerprint density at radius 1 is 1.33 bits per heavy atom. The summed E-state index contributed by atoms with van der Waals surface area (Å²) in [7, 11) is 0. The van der Waals surface area contributed by atoms with Gasteiger partial charge in [0.15, 0.2) is 6.10 Å². The summed E-state index contributed by atoms with van der Waals surface area (Å²) in [5.74, 6) is -0.784. The van der Waals surface area contributed by atoms with Gasteiger partial charge in [-0.3, -0.25) is 9.78 Å². The molecule has 0 radical (unpaired) electrons. The maximum atomic E-state index is 12.8. The summed E-state index contributed by atoms with van der Waals surface area (Å²) in [6, 6.07) is 9.46. The van der Waals surface area contributed by atoms with Crippen molar-refractivity contribution >= 4 is 33.5 Å². The van der Waals surface area contributed by atoms with Gasteiger partial charge in [0.1, 0.15) is 0 Å². The second kappa shape index (κ2) is 6.73. The van der Waals surface area contributed by atoms with Gasteiger partial charge in [-0.25, -0.2) is 4.79 Å². The van der Waals surface area contributed by atoms with Gasteiger partial charge in [-0.15, -0.1) is 0 Å². The number of halogens is 1. The molecule has 0 bridgehead atoms. The van der Waals surface area contributed by atoms with Gasteiger partial charge in [0, 0.05) is 28.6 Å². The van der Waals surface area contributed by atoms with Crippen LogP contribution in [0.25, 0.3) is 0 Å². The number of aromatic nitrogens is 1. The lowest BCUT2D eigenvalue weighted by molar-refractivity contribution is -0.126. The second-order valence-electron chi connectivity index (χ2n) is 5.83. The minimum atomic E-state index is -0.870. The highest BCUT2D eigenvalue weighted by atomic mass is 79.9. The molecule has 6 heteroatoms. The zero-order chi connectivity index (χ0) is 17.3. The number of pyridine rings is 1. The summed E-state index contributed by atoms with van der Waals surface area (Å²) < 4.78 is 6.02. The zero-order valence-corrected chi connectivity index (χ0v) is 15.0. The third-order valence-corrected chi connectivity index (χ3v) is 4.45. The Morgan fingerprint density at radius 2 is 2.08 bits per heavy atom. The molecule has 5 nitrogen and oxygen atoms in total. The third kappa shape index (κ3) is 3.19. The van der Waals surface area contributed by atoms with Gasteiger partial charge in [-0.1, -0.05) is 18.2 Å². The first-order valence-electron chi connectivity index (χ1n) is 7.70. The van der Waals surface area contributed by atoms with Crippen molar-refractivity contribution in [1.82, 2.24) is 4.98 Å². The Balaban J connectivity index is 1.75. The summed E-state index contributed by atoms with van der Waals surface area (Å²) in [5, 5.41) is 0. The van der Waals surface area contributed by atoms with Gasteiger partial charge in [-0.05, 0) is 53.9 Å². The SMILES string of the molecule is C[C@H](OC(=O)c1cncc(Br)c1)C(=O)N1c2ccccc2C[C@@H]1C. The lowest BCUT2D eigenvalue weighted by Crippen LogP contribution is -2.43. The molecule has 1 aromatic heterocycles. The second-order valence-corrected chi connectivity index (χ2v) is 6.75. The van der Waals surface area contributed by atoms with E-state index in [9.17, 15) is 9.59 Å². The molecule has 24 heavy (non-hydrogen) atoms. The lowest BCUT2D eigenvalue weighted by atomic mass is 10.1. The van der Waals surface area contributed by atoms with Crippen molar-refractivity contribution in [2.75, 3.05) is 4.90 Å². The van der Waals surface area contributed by atoms with Gasteiger partial charge >= 0.3 is 5.97 Å². The minimum Gasteiger partial charge on any atom is -0.449 e. The van der Waals surface area contributed by atoms with Crippen molar-refractivity contribution in [3.63, 3.8) is 0 Å². The zero-order valence-electron chi connectivity index (χ0n) is 13.4. The number of fused-ring (bicyclic) bond motifs is 1. The standard InChI is InChI=1S/C18H17BrN2O3/c1-11-7-13-5-3-4-6-16(13)21(11)17(22)12(2)24-18(23)14-8-15(19)10-20-9-14/h3-6,8-12H,7H2,1-2H3/t11-,12-/m0/s1. The average molecular weight is 389 g/mol. The van der Waals surface area contributed by atoms with Crippen molar-refractivity contribution in [2.24, 2.45) is 0 Å². The lowest BCUT2D eigenvalue weighted by Gasteiger charge is -2.25. The Morgan fingerprint density at radius 3 is 2.83 bits per heavy atom. The molecule has 2 aromatic rings. The molecule has 1 aromatic carbocycles. The van der Waals surface area contributed by atoms with Crippen molar-refractivity contribution in [3.05, 3.63) is 58.3 Å². The van der Waals surface area contributed by atoms with Gasteiger partial charge in [0.25, 0.3) is 5.91 Å². The smallest absolute Gasteiger partial charge is 0.340 e. The van der Waals surface area contributed by atoms with Crippen LogP contribution in [0.3, 0.4) is 0 Å². The summed E-state index contributed by atoms with van der Waals surface area (Å²) in [6.45, 7) is 3.59. The molecule has 124 valence electrons. The van der Waals surface area contributed by atoms with Crippen LogP contribution >= 0.6 is 15.9 Å². The van der Waals surface area contributed by atoms with Gasteiger partial charge < -0.3 is 9.64 Å². The molecule has 0 fully saturated rings. The monoisotopic (exact) mass is 388 g/mol. The number of para-hydroxylation sites is 1. The minimum absolute atomic E-state index is 0.0450. The fraction of sp³-hybridized carbons (Fsp3) is 0.278. The number of ether oxygens (including phenoxy) is 1. The number of benzene rings is 1. The van der Waals surface area contributed by atoms with Crippen LogP contribution in [0.2, 0.25) is 0 Å². The highest BCUT2D eigenvalue weighted by molar-refractivity contribution is 9.10. The molecule has 1 amide bonds. The van der Waals surface area contributed by atoms with Crippen molar-refractivity contribution in [1.29, 1.82) is 0 Å². The summed E-state index contributed by atoms with van der Waals surface area (Å²) >= 11 is 3.26. The van der Waals surface area contributed by atoms with E-state index in [0.717, 1.165) is 17.7 Å².